The molecule has 2 heterocycles. The van der Waals surface area contributed by atoms with Crippen molar-refractivity contribution in [3.8, 4) is 0 Å². The van der Waals surface area contributed by atoms with Crippen LogP contribution in [0.3, 0.4) is 0 Å². The number of aromatic nitrogens is 1. The van der Waals surface area contributed by atoms with Crippen molar-refractivity contribution < 1.29 is 19.1 Å². The van der Waals surface area contributed by atoms with Gasteiger partial charge in [0.05, 0.1) is 0 Å². The highest BCUT2D eigenvalue weighted by atomic mass is 16.6. The summed E-state index contributed by atoms with van der Waals surface area (Å²) in [6.45, 7) is 6.95. The summed E-state index contributed by atoms with van der Waals surface area (Å²) >= 11 is 0. The lowest BCUT2D eigenvalue weighted by Gasteiger charge is -2.32. The maximum absolute atomic E-state index is 12.5. The van der Waals surface area contributed by atoms with E-state index in [1.54, 1.807) is 15.8 Å². The number of rotatable bonds is 4. The molecule has 1 fully saturated rings. The molecule has 1 saturated heterocycles. The van der Waals surface area contributed by atoms with Crippen LogP contribution in [0.2, 0.25) is 0 Å². The number of ether oxygens (including phenoxy) is 2. The fourth-order valence-electron chi connectivity index (χ4n) is 3.42. The fourth-order valence-corrected chi connectivity index (χ4v) is 3.42. The summed E-state index contributed by atoms with van der Waals surface area (Å²) in [5.41, 5.74) is 4.09. The van der Waals surface area contributed by atoms with E-state index in [1.807, 2.05) is 63.2 Å². The monoisotopic (exact) mass is 399 g/mol. The van der Waals surface area contributed by atoms with E-state index in [0.29, 0.717) is 13.1 Å². The highest BCUT2D eigenvalue weighted by molar-refractivity contribution is 5.76. The molecule has 2 aromatic rings. The molecule has 0 aliphatic carbocycles. The number of carbonyl (C=O) groups excluding carboxylic acids is 2. The van der Waals surface area contributed by atoms with Crippen molar-refractivity contribution in [3.63, 3.8) is 0 Å². The van der Waals surface area contributed by atoms with Crippen LogP contribution in [-0.4, -0.2) is 40.5 Å². The van der Waals surface area contributed by atoms with Crippen LogP contribution < -0.4 is 5.43 Å². The molecule has 1 aromatic carbocycles. The molecule has 0 saturated carbocycles. The maximum atomic E-state index is 12.5. The first kappa shape index (κ1) is 20.8. The van der Waals surface area contributed by atoms with Crippen LogP contribution in [0.5, 0.6) is 0 Å². The number of benzene rings is 1. The number of amides is 2. The zero-order valence-electron chi connectivity index (χ0n) is 17.3. The fraction of sp³-hybridized carbons (Fsp3) is 0.455. The molecule has 3 rings (SSSR count). The molecule has 1 aliphatic heterocycles. The Labute approximate surface area is 171 Å². The Morgan fingerprint density at radius 3 is 2.62 bits per heavy atom. The van der Waals surface area contributed by atoms with E-state index in [2.05, 4.69) is 5.43 Å². The van der Waals surface area contributed by atoms with Gasteiger partial charge in [0.1, 0.15) is 12.2 Å². The molecule has 1 N–H and O–H groups in total. The summed E-state index contributed by atoms with van der Waals surface area (Å²) in [6, 6.07) is 13.5. The summed E-state index contributed by atoms with van der Waals surface area (Å²) in [5, 5.41) is 0. The molecule has 1 unspecified atom stereocenters. The van der Waals surface area contributed by atoms with Gasteiger partial charge in [0.2, 0.25) is 0 Å². The number of hydrogen-bond acceptors (Lipinski definition) is 4. The van der Waals surface area contributed by atoms with Crippen LogP contribution in [0.1, 0.15) is 50.8 Å². The average Bonchev–Trinajstić information content (AvgIpc) is 3.13. The van der Waals surface area contributed by atoms with Crippen molar-refractivity contribution in [1.29, 1.82) is 0 Å². The predicted octanol–water partition coefficient (Wildman–Crippen LogP) is 4.48. The van der Waals surface area contributed by atoms with Gasteiger partial charge in [-0.3, -0.25) is 4.68 Å². The minimum Gasteiger partial charge on any atom is -0.445 e. The summed E-state index contributed by atoms with van der Waals surface area (Å²) in [4.78, 5) is 26.4. The molecule has 7 nitrogen and oxygen atoms in total. The highest BCUT2D eigenvalue weighted by Crippen LogP contribution is 2.27. The normalized spacial score (nSPS) is 16.9. The number of hydrogen-bond donors (Lipinski definition) is 1. The van der Waals surface area contributed by atoms with Crippen molar-refractivity contribution in [2.24, 2.45) is 0 Å². The minimum absolute atomic E-state index is 0.109. The minimum atomic E-state index is -0.568. The van der Waals surface area contributed by atoms with E-state index in [9.17, 15) is 9.59 Å². The van der Waals surface area contributed by atoms with Gasteiger partial charge in [-0.1, -0.05) is 30.3 Å². The molecule has 0 spiro atoms. The Morgan fingerprint density at radius 2 is 1.90 bits per heavy atom. The lowest BCUT2D eigenvalue weighted by Crippen LogP contribution is -2.40. The van der Waals surface area contributed by atoms with Gasteiger partial charge in [-0.25, -0.2) is 15.0 Å². The van der Waals surface area contributed by atoms with Gasteiger partial charge in [-0.15, -0.1) is 0 Å². The summed E-state index contributed by atoms with van der Waals surface area (Å²) in [6.07, 6.45) is 2.78. The van der Waals surface area contributed by atoms with Gasteiger partial charge < -0.3 is 14.4 Å². The van der Waals surface area contributed by atoms with Crippen LogP contribution in [0.25, 0.3) is 0 Å². The van der Waals surface area contributed by atoms with Crippen molar-refractivity contribution in [2.75, 3.05) is 18.5 Å². The smallest absolute Gasteiger partial charge is 0.426 e. The topological polar surface area (TPSA) is 72.8 Å². The number of carbonyl (C=O) groups is 2. The van der Waals surface area contributed by atoms with Crippen molar-refractivity contribution >= 4 is 12.2 Å². The van der Waals surface area contributed by atoms with Crippen LogP contribution in [0, 0.1) is 0 Å². The maximum Gasteiger partial charge on any atom is 0.426 e. The first-order valence-electron chi connectivity index (χ1n) is 9.95. The molecule has 7 heteroatoms. The number of nitrogens with zero attached hydrogens (tertiary/aromatic N) is 2. The Bertz CT molecular complexity index is 826. The van der Waals surface area contributed by atoms with Crippen LogP contribution in [0.4, 0.5) is 9.59 Å². The van der Waals surface area contributed by atoms with Crippen LogP contribution >= 0.6 is 0 Å². The molecular formula is C22H29N3O4. The molecule has 29 heavy (non-hydrogen) atoms. The Morgan fingerprint density at radius 1 is 1.14 bits per heavy atom. The van der Waals surface area contributed by atoms with Gasteiger partial charge in [0, 0.05) is 30.9 Å². The Hall–Kier alpha value is -2.96. The summed E-state index contributed by atoms with van der Waals surface area (Å²) < 4.78 is 12.5. The van der Waals surface area contributed by atoms with Gasteiger partial charge in [-0.05, 0) is 51.3 Å². The molecule has 1 aromatic heterocycles. The van der Waals surface area contributed by atoms with E-state index in [0.717, 1.165) is 24.1 Å². The van der Waals surface area contributed by atoms with Gasteiger partial charge >= 0.3 is 12.2 Å². The van der Waals surface area contributed by atoms with E-state index in [4.69, 9.17) is 9.47 Å². The number of nitrogens with one attached hydrogen (secondary N) is 1. The standard InChI is InChI=1S/C22H29N3O4/c1-22(2,3)29-20(26)23-25-14-8-12-19(25)18-11-7-13-24(15-18)21(27)28-16-17-9-5-4-6-10-17/h4-6,8-10,12,14,18H,7,11,13,15-16H2,1-3H3,(H,23,26). The summed E-state index contributed by atoms with van der Waals surface area (Å²) in [7, 11) is 0. The largest absolute Gasteiger partial charge is 0.445 e. The third-order valence-electron chi connectivity index (χ3n) is 4.69. The molecule has 1 atom stereocenters. The van der Waals surface area contributed by atoms with E-state index in [1.165, 1.54) is 0 Å². The Kier molecular flexibility index (Phi) is 6.46. The average molecular weight is 399 g/mol. The van der Waals surface area contributed by atoms with Crippen molar-refractivity contribution in [3.05, 3.63) is 59.9 Å². The molecule has 2 amide bonds. The SMILES string of the molecule is CC(C)(C)OC(=O)Nn1cccc1C1CCCN(C(=O)OCc2ccccc2)C1. The molecular weight excluding hydrogens is 370 g/mol. The lowest BCUT2D eigenvalue weighted by molar-refractivity contribution is 0.0609. The second kappa shape index (κ2) is 9.03. The first-order chi connectivity index (χ1) is 13.8. The summed E-state index contributed by atoms with van der Waals surface area (Å²) in [5.74, 6) is 0.109. The first-order valence-corrected chi connectivity index (χ1v) is 9.95. The molecule has 0 bridgehead atoms. The number of piperidine rings is 1. The van der Waals surface area contributed by atoms with E-state index in [-0.39, 0.29) is 18.6 Å². The Balaban J connectivity index is 1.59. The van der Waals surface area contributed by atoms with Crippen molar-refractivity contribution in [2.45, 2.75) is 51.7 Å². The van der Waals surface area contributed by atoms with E-state index >= 15 is 0 Å². The van der Waals surface area contributed by atoms with Gasteiger partial charge in [0.25, 0.3) is 0 Å². The quantitative estimate of drug-likeness (QED) is 0.823. The highest BCUT2D eigenvalue weighted by Gasteiger charge is 2.28. The third kappa shape index (κ3) is 6.01. The van der Waals surface area contributed by atoms with Gasteiger partial charge in [-0.2, -0.15) is 0 Å². The zero-order chi connectivity index (χ0) is 20.9. The molecule has 0 radical (unpaired) electrons. The second-order valence-electron chi connectivity index (χ2n) is 8.24. The van der Waals surface area contributed by atoms with Crippen LogP contribution in [0.15, 0.2) is 48.7 Å². The van der Waals surface area contributed by atoms with Gasteiger partial charge in [0.15, 0.2) is 0 Å². The van der Waals surface area contributed by atoms with Crippen LogP contribution in [-0.2, 0) is 16.1 Å². The molecule has 1 aliphatic rings. The number of likely N-dealkylation sites (tertiary alicyclic amines) is 1. The van der Waals surface area contributed by atoms with E-state index < -0.39 is 11.7 Å². The molecule has 156 valence electrons. The second-order valence-corrected chi connectivity index (χ2v) is 8.24. The predicted molar refractivity (Wildman–Crippen MR) is 110 cm³/mol. The third-order valence-corrected chi connectivity index (χ3v) is 4.69. The lowest BCUT2D eigenvalue weighted by atomic mass is 9.95. The zero-order valence-corrected chi connectivity index (χ0v) is 17.3. The van der Waals surface area contributed by atoms with Crippen molar-refractivity contribution in [1.82, 2.24) is 9.58 Å².